The van der Waals surface area contributed by atoms with Gasteiger partial charge in [0.25, 0.3) is 5.56 Å². The molecule has 1 N–H and O–H groups in total. The number of nitrogens with zero attached hydrogens (tertiary/aromatic N) is 1. The van der Waals surface area contributed by atoms with Crippen LogP contribution in [-0.2, 0) is 9.47 Å². The fourth-order valence-corrected chi connectivity index (χ4v) is 3.82. The molecule has 0 fully saturated rings. The van der Waals surface area contributed by atoms with Crippen molar-refractivity contribution in [3.8, 4) is 0 Å². The largest absolute Gasteiger partial charge is 0.462 e. The lowest BCUT2D eigenvalue weighted by Crippen LogP contribution is -2.17. The number of carbonyl (C=O) groups is 2. The summed E-state index contributed by atoms with van der Waals surface area (Å²) >= 11 is 6.89. The number of ether oxygens (including phenoxy) is 2. The van der Waals surface area contributed by atoms with Crippen molar-refractivity contribution in [1.82, 2.24) is 9.97 Å². The van der Waals surface area contributed by atoms with E-state index in [4.69, 9.17) is 21.1 Å². The lowest BCUT2D eigenvalue weighted by molar-refractivity contribution is 0.0319. The van der Waals surface area contributed by atoms with Crippen LogP contribution in [0.25, 0.3) is 10.2 Å². The predicted molar refractivity (Wildman–Crippen MR) is 106 cm³/mol. The zero-order valence-corrected chi connectivity index (χ0v) is 16.9. The number of hydrogen-bond acceptors (Lipinski definition) is 7. The molecule has 1 atom stereocenters. The van der Waals surface area contributed by atoms with Crippen molar-refractivity contribution in [2.24, 2.45) is 0 Å². The number of halogens is 1. The van der Waals surface area contributed by atoms with Gasteiger partial charge in [-0.1, -0.05) is 11.6 Å². The molecule has 0 spiro atoms. The van der Waals surface area contributed by atoms with Gasteiger partial charge in [0.05, 0.1) is 17.6 Å². The van der Waals surface area contributed by atoms with Gasteiger partial charge in [-0.25, -0.2) is 14.6 Å². The lowest BCUT2D eigenvalue weighted by atomic mass is 10.2. The third-order valence-electron chi connectivity index (χ3n) is 4.03. The molecule has 0 radical (unpaired) electrons. The van der Waals surface area contributed by atoms with Crippen molar-refractivity contribution in [3.05, 3.63) is 61.5 Å². The molecule has 2 heterocycles. The fraction of sp³-hybridized carbons (Fsp3) is 0.263. The van der Waals surface area contributed by atoms with Gasteiger partial charge in [0, 0.05) is 5.02 Å². The van der Waals surface area contributed by atoms with Crippen molar-refractivity contribution in [2.45, 2.75) is 26.9 Å². The van der Waals surface area contributed by atoms with Gasteiger partial charge in [-0.3, -0.25) is 4.79 Å². The minimum Gasteiger partial charge on any atom is -0.462 e. The molecule has 0 saturated carbocycles. The summed E-state index contributed by atoms with van der Waals surface area (Å²) in [5.74, 6) is -0.871. The molecule has 2 aromatic heterocycles. The van der Waals surface area contributed by atoms with E-state index in [1.165, 1.54) is 0 Å². The molecule has 3 aromatic rings. The number of nitrogens with one attached hydrogen (secondary N) is 1. The van der Waals surface area contributed by atoms with Crippen LogP contribution in [0.1, 0.15) is 51.4 Å². The standard InChI is InChI=1S/C19H17ClN2O5S/c1-4-26-19(25)14-9(2)13-16(23)21-15(22-17(13)28-14)10(3)27-18(24)11-5-7-12(20)8-6-11/h5-8,10H,4H2,1-3H3,(H,21,22,23)/t10-/m0/s1. The van der Waals surface area contributed by atoms with E-state index in [1.807, 2.05) is 0 Å². The number of benzene rings is 1. The van der Waals surface area contributed by atoms with Gasteiger partial charge in [-0.15, -0.1) is 11.3 Å². The highest BCUT2D eigenvalue weighted by Crippen LogP contribution is 2.28. The number of aryl methyl sites for hydroxylation is 1. The Hall–Kier alpha value is -2.71. The first-order valence-corrected chi connectivity index (χ1v) is 9.68. The first-order valence-electron chi connectivity index (χ1n) is 8.48. The molecule has 0 unspecified atom stereocenters. The predicted octanol–water partition coefficient (Wildman–Crippen LogP) is 4.04. The van der Waals surface area contributed by atoms with Gasteiger partial charge in [0.15, 0.2) is 11.9 Å². The molecule has 0 bridgehead atoms. The number of aromatic nitrogens is 2. The maximum atomic E-state index is 12.5. The first kappa shape index (κ1) is 20.0. The van der Waals surface area contributed by atoms with Crippen LogP contribution in [0.4, 0.5) is 0 Å². The Morgan fingerprint density at radius 3 is 2.57 bits per heavy atom. The maximum Gasteiger partial charge on any atom is 0.348 e. The Morgan fingerprint density at radius 1 is 1.25 bits per heavy atom. The number of rotatable bonds is 5. The average Bonchev–Trinajstić information content (AvgIpc) is 2.99. The van der Waals surface area contributed by atoms with Crippen LogP contribution in [0.15, 0.2) is 29.1 Å². The van der Waals surface area contributed by atoms with E-state index in [0.29, 0.717) is 31.2 Å². The number of fused-ring (bicyclic) bond motifs is 1. The molecule has 28 heavy (non-hydrogen) atoms. The lowest BCUT2D eigenvalue weighted by Gasteiger charge is -2.12. The minimum atomic E-state index is -0.797. The van der Waals surface area contributed by atoms with Crippen LogP contribution >= 0.6 is 22.9 Å². The molecule has 0 aliphatic rings. The molecule has 0 saturated heterocycles. The van der Waals surface area contributed by atoms with Crippen LogP contribution in [0, 0.1) is 6.92 Å². The van der Waals surface area contributed by atoms with Crippen LogP contribution in [-0.4, -0.2) is 28.5 Å². The van der Waals surface area contributed by atoms with Crippen molar-refractivity contribution >= 4 is 45.1 Å². The molecule has 3 rings (SSSR count). The van der Waals surface area contributed by atoms with Crippen molar-refractivity contribution in [3.63, 3.8) is 0 Å². The highest BCUT2D eigenvalue weighted by Gasteiger charge is 2.22. The van der Waals surface area contributed by atoms with Crippen molar-refractivity contribution in [1.29, 1.82) is 0 Å². The van der Waals surface area contributed by atoms with Crippen LogP contribution in [0.3, 0.4) is 0 Å². The van der Waals surface area contributed by atoms with E-state index in [9.17, 15) is 14.4 Å². The number of aromatic amines is 1. The Balaban J connectivity index is 1.90. The Morgan fingerprint density at radius 2 is 1.93 bits per heavy atom. The first-order chi connectivity index (χ1) is 13.3. The van der Waals surface area contributed by atoms with Crippen LogP contribution < -0.4 is 5.56 Å². The summed E-state index contributed by atoms with van der Waals surface area (Å²) in [6.45, 7) is 5.22. The SMILES string of the molecule is CCOC(=O)c1sc2nc([C@H](C)OC(=O)c3ccc(Cl)cc3)[nH]c(=O)c2c1C. The molecule has 1 aromatic carbocycles. The normalized spacial score (nSPS) is 12.0. The molecular formula is C19H17ClN2O5S. The van der Waals surface area contributed by atoms with E-state index >= 15 is 0 Å². The quantitative estimate of drug-likeness (QED) is 0.625. The molecule has 0 amide bonds. The van der Waals surface area contributed by atoms with Crippen LogP contribution in [0.5, 0.6) is 0 Å². The molecule has 0 aliphatic carbocycles. The fourth-order valence-electron chi connectivity index (χ4n) is 2.61. The van der Waals surface area contributed by atoms with E-state index in [0.717, 1.165) is 11.3 Å². The number of thiophene rings is 1. The molecule has 146 valence electrons. The molecular weight excluding hydrogens is 404 g/mol. The average molecular weight is 421 g/mol. The van der Waals surface area contributed by atoms with Gasteiger partial charge in [0.2, 0.25) is 0 Å². The van der Waals surface area contributed by atoms with E-state index in [1.54, 1.807) is 45.0 Å². The van der Waals surface area contributed by atoms with E-state index in [2.05, 4.69) is 9.97 Å². The molecule has 7 nitrogen and oxygen atoms in total. The summed E-state index contributed by atoms with van der Waals surface area (Å²) in [7, 11) is 0. The summed E-state index contributed by atoms with van der Waals surface area (Å²) in [5.41, 5.74) is 0.444. The molecule has 9 heteroatoms. The van der Waals surface area contributed by atoms with E-state index in [-0.39, 0.29) is 12.4 Å². The van der Waals surface area contributed by atoms with Gasteiger partial charge in [-0.05, 0) is 50.6 Å². The number of hydrogen-bond donors (Lipinski definition) is 1. The Kier molecular flexibility index (Phi) is 5.81. The summed E-state index contributed by atoms with van der Waals surface area (Å²) in [4.78, 5) is 44.6. The van der Waals surface area contributed by atoms with Gasteiger partial charge in [0.1, 0.15) is 9.71 Å². The van der Waals surface area contributed by atoms with Gasteiger partial charge < -0.3 is 14.5 Å². The second-order valence-corrected chi connectivity index (χ2v) is 7.40. The Bertz CT molecular complexity index is 1100. The summed E-state index contributed by atoms with van der Waals surface area (Å²) < 4.78 is 10.4. The minimum absolute atomic E-state index is 0.191. The number of carbonyl (C=O) groups excluding carboxylic acids is 2. The van der Waals surface area contributed by atoms with Gasteiger partial charge in [-0.2, -0.15) is 0 Å². The zero-order chi connectivity index (χ0) is 20.4. The Labute approximate surface area is 169 Å². The topological polar surface area (TPSA) is 98.3 Å². The smallest absolute Gasteiger partial charge is 0.348 e. The maximum absolute atomic E-state index is 12.5. The second-order valence-electron chi connectivity index (χ2n) is 5.96. The number of esters is 2. The molecule has 0 aliphatic heterocycles. The van der Waals surface area contributed by atoms with Crippen LogP contribution in [0.2, 0.25) is 5.02 Å². The second kappa shape index (κ2) is 8.12. The van der Waals surface area contributed by atoms with Gasteiger partial charge >= 0.3 is 11.9 Å². The highest BCUT2D eigenvalue weighted by molar-refractivity contribution is 7.20. The monoisotopic (exact) mass is 420 g/mol. The number of H-pyrrole nitrogens is 1. The van der Waals surface area contributed by atoms with Crippen molar-refractivity contribution in [2.75, 3.05) is 6.61 Å². The third kappa shape index (κ3) is 3.93. The van der Waals surface area contributed by atoms with E-state index < -0.39 is 23.6 Å². The van der Waals surface area contributed by atoms with Crippen molar-refractivity contribution < 1.29 is 19.1 Å². The zero-order valence-electron chi connectivity index (χ0n) is 15.4. The summed E-state index contributed by atoms with van der Waals surface area (Å²) in [6.07, 6.45) is -0.797. The summed E-state index contributed by atoms with van der Waals surface area (Å²) in [5, 5.41) is 0.833. The highest BCUT2D eigenvalue weighted by atomic mass is 35.5. The summed E-state index contributed by atoms with van der Waals surface area (Å²) in [6, 6.07) is 6.26. The third-order valence-corrected chi connectivity index (χ3v) is 5.45.